The molecule has 4 nitrogen and oxygen atoms in total. The highest BCUT2D eigenvalue weighted by molar-refractivity contribution is 6.04. The molecule has 1 rings (SSSR count). The summed E-state index contributed by atoms with van der Waals surface area (Å²) in [6.07, 6.45) is 3.14. The van der Waals surface area contributed by atoms with Gasteiger partial charge < -0.3 is 11.5 Å². The van der Waals surface area contributed by atoms with Crippen LogP contribution in [0.25, 0.3) is 0 Å². The lowest BCUT2D eigenvalue weighted by atomic mass is 9.98. The van der Waals surface area contributed by atoms with E-state index in [2.05, 4.69) is 4.98 Å². The number of nitrogens with two attached hydrogens (primary N) is 2. The lowest BCUT2D eigenvalue weighted by Gasteiger charge is -2.12. The van der Waals surface area contributed by atoms with E-state index >= 15 is 0 Å². The molecule has 1 atom stereocenters. The van der Waals surface area contributed by atoms with Crippen LogP contribution in [-0.2, 0) is 0 Å². The minimum atomic E-state index is -0.472. The van der Waals surface area contributed by atoms with Gasteiger partial charge in [0.25, 0.3) is 0 Å². The van der Waals surface area contributed by atoms with Crippen LogP contribution in [0, 0.1) is 6.92 Å². The van der Waals surface area contributed by atoms with Crippen LogP contribution in [0.1, 0.15) is 35.7 Å². The molecule has 4 heteroatoms. The Kier molecular flexibility index (Phi) is 3.80. The van der Waals surface area contributed by atoms with Gasteiger partial charge in [-0.15, -0.1) is 0 Å². The maximum atomic E-state index is 11.9. The summed E-state index contributed by atoms with van der Waals surface area (Å²) in [4.78, 5) is 15.8. The first kappa shape index (κ1) is 11.7. The number of ketones is 1. The van der Waals surface area contributed by atoms with Crippen molar-refractivity contribution in [1.82, 2.24) is 4.98 Å². The standard InChI is InChI=1S/C11H17N3O/c1-3-4-8(12)10(15)9-7(2)5-6-14-11(9)13/h5-6,8H,3-4,12H2,1-2H3,(H2,13,14). The Balaban J connectivity index is 3.00. The third kappa shape index (κ3) is 2.53. The lowest BCUT2D eigenvalue weighted by molar-refractivity contribution is 0.0957. The summed E-state index contributed by atoms with van der Waals surface area (Å²) >= 11 is 0. The van der Waals surface area contributed by atoms with Crippen molar-refractivity contribution in [1.29, 1.82) is 0 Å². The molecular formula is C11H17N3O. The van der Waals surface area contributed by atoms with E-state index in [1.807, 2.05) is 13.8 Å². The van der Waals surface area contributed by atoms with Crippen molar-refractivity contribution in [2.45, 2.75) is 32.7 Å². The average Bonchev–Trinajstić information content (AvgIpc) is 2.17. The summed E-state index contributed by atoms with van der Waals surface area (Å²) < 4.78 is 0. The Morgan fingerprint density at radius 1 is 1.60 bits per heavy atom. The second-order valence-corrected chi connectivity index (χ2v) is 3.65. The Labute approximate surface area is 89.7 Å². The zero-order chi connectivity index (χ0) is 11.4. The average molecular weight is 207 g/mol. The maximum absolute atomic E-state index is 11.9. The summed E-state index contributed by atoms with van der Waals surface area (Å²) in [5, 5.41) is 0. The second kappa shape index (κ2) is 4.89. The molecule has 15 heavy (non-hydrogen) atoms. The number of aryl methyl sites for hydroxylation is 1. The molecule has 0 radical (unpaired) electrons. The van der Waals surface area contributed by atoms with E-state index in [4.69, 9.17) is 11.5 Å². The zero-order valence-electron chi connectivity index (χ0n) is 9.16. The molecule has 0 saturated carbocycles. The third-order valence-electron chi connectivity index (χ3n) is 2.37. The molecule has 0 saturated heterocycles. The van der Waals surface area contributed by atoms with E-state index in [1.165, 1.54) is 0 Å². The number of Topliss-reactive ketones (excluding diaryl/α,β-unsaturated/α-hetero) is 1. The van der Waals surface area contributed by atoms with Crippen LogP contribution in [0.5, 0.6) is 0 Å². The van der Waals surface area contributed by atoms with Gasteiger partial charge in [0.15, 0.2) is 5.78 Å². The van der Waals surface area contributed by atoms with E-state index in [-0.39, 0.29) is 11.6 Å². The predicted octanol–water partition coefficient (Wildman–Crippen LogP) is 1.28. The van der Waals surface area contributed by atoms with Gasteiger partial charge in [-0.05, 0) is 25.0 Å². The highest BCUT2D eigenvalue weighted by Crippen LogP contribution is 2.16. The molecule has 82 valence electrons. The number of aromatic nitrogens is 1. The van der Waals surface area contributed by atoms with E-state index in [0.717, 1.165) is 12.0 Å². The Morgan fingerprint density at radius 2 is 2.27 bits per heavy atom. The van der Waals surface area contributed by atoms with Crippen LogP contribution in [0.15, 0.2) is 12.3 Å². The van der Waals surface area contributed by atoms with Crippen molar-refractivity contribution in [3.8, 4) is 0 Å². The van der Waals surface area contributed by atoms with Gasteiger partial charge >= 0.3 is 0 Å². The van der Waals surface area contributed by atoms with Crippen LogP contribution in [0.2, 0.25) is 0 Å². The molecule has 1 heterocycles. The van der Waals surface area contributed by atoms with E-state index < -0.39 is 6.04 Å². The molecule has 1 unspecified atom stereocenters. The number of carbonyl (C=O) groups excluding carboxylic acids is 1. The molecule has 0 aromatic carbocycles. The van der Waals surface area contributed by atoms with E-state index in [0.29, 0.717) is 12.0 Å². The predicted molar refractivity (Wildman–Crippen MR) is 60.6 cm³/mol. The normalized spacial score (nSPS) is 12.5. The highest BCUT2D eigenvalue weighted by Gasteiger charge is 2.19. The monoisotopic (exact) mass is 207 g/mol. The van der Waals surface area contributed by atoms with Crippen molar-refractivity contribution >= 4 is 11.6 Å². The molecule has 0 aliphatic rings. The fourth-order valence-corrected chi connectivity index (χ4v) is 1.53. The van der Waals surface area contributed by atoms with Gasteiger partial charge in [0.1, 0.15) is 5.82 Å². The summed E-state index contributed by atoms with van der Waals surface area (Å²) in [6, 6.07) is 1.29. The van der Waals surface area contributed by atoms with Crippen molar-refractivity contribution < 1.29 is 4.79 Å². The van der Waals surface area contributed by atoms with Gasteiger partial charge in [0, 0.05) is 6.20 Å². The maximum Gasteiger partial charge on any atom is 0.183 e. The molecule has 0 amide bonds. The molecule has 0 aliphatic carbocycles. The summed E-state index contributed by atoms with van der Waals surface area (Å²) in [7, 11) is 0. The lowest BCUT2D eigenvalue weighted by Crippen LogP contribution is -2.31. The number of hydrogen-bond acceptors (Lipinski definition) is 4. The Bertz CT molecular complexity index is 343. The van der Waals surface area contributed by atoms with E-state index in [9.17, 15) is 4.79 Å². The summed E-state index contributed by atoms with van der Waals surface area (Å²) in [5.41, 5.74) is 12.7. The van der Waals surface area contributed by atoms with Crippen LogP contribution in [0.3, 0.4) is 0 Å². The SMILES string of the molecule is CCCC(N)C(=O)c1c(C)ccnc1N. The number of hydrogen-bond donors (Lipinski definition) is 2. The number of nitrogen functional groups attached to an aromatic ring is 1. The van der Waals surface area contributed by atoms with E-state index in [1.54, 1.807) is 12.3 Å². The van der Waals surface area contributed by atoms with Crippen molar-refractivity contribution in [3.05, 3.63) is 23.4 Å². The third-order valence-corrected chi connectivity index (χ3v) is 2.37. The minimum absolute atomic E-state index is 0.111. The molecule has 0 bridgehead atoms. The molecule has 0 aliphatic heterocycles. The minimum Gasteiger partial charge on any atom is -0.383 e. The van der Waals surface area contributed by atoms with Crippen LogP contribution in [-0.4, -0.2) is 16.8 Å². The van der Waals surface area contributed by atoms with Crippen molar-refractivity contribution in [2.75, 3.05) is 5.73 Å². The van der Waals surface area contributed by atoms with Gasteiger partial charge in [0.2, 0.25) is 0 Å². The summed E-state index contributed by atoms with van der Waals surface area (Å²) in [5.74, 6) is 0.159. The number of carbonyl (C=O) groups is 1. The van der Waals surface area contributed by atoms with Gasteiger partial charge in [-0.25, -0.2) is 4.98 Å². The smallest absolute Gasteiger partial charge is 0.183 e. The van der Waals surface area contributed by atoms with Crippen molar-refractivity contribution in [3.63, 3.8) is 0 Å². The molecule has 1 aromatic rings. The molecule has 1 aromatic heterocycles. The van der Waals surface area contributed by atoms with Crippen LogP contribution >= 0.6 is 0 Å². The fraction of sp³-hybridized carbons (Fsp3) is 0.455. The second-order valence-electron chi connectivity index (χ2n) is 3.65. The fourth-order valence-electron chi connectivity index (χ4n) is 1.53. The number of pyridine rings is 1. The Hall–Kier alpha value is -1.42. The highest BCUT2D eigenvalue weighted by atomic mass is 16.1. The van der Waals surface area contributed by atoms with Crippen LogP contribution < -0.4 is 11.5 Å². The first-order valence-corrected chi connectivity index (χ1v) is 5.08. The first-order chi connectivity index (χ1) is 7.07. The molecule has 0 spiro atoms. The number of rotatable bonds is 4. The van der Waals surface area contributed by atoms with Gasteiger partial charge in [-0.2, -0.15) is 0 Å². The quantitative estimate of drug-likeness (QED) is 0.729. The number of nitrogens with zero attached hydrogens (tertiary/aromatic N) is 1. The van der Waals surface area contributed by atoms with Crippen LogP contribution in [0.4, 0.5) is 5.82 Å². The number of anilines is 1. The molecule has 4 N–H and O–H groups in total. The largest absolute Gasteiger partial charge is 0.383 e. The Morgan fingerprint density at radius 3 is 2.80 bits per heavy atom. The zero-order valence-corrected chi connectivity index (χ0v) is 9.16. The topological polar surface area (TPSA) is 82.0 Å². The van der Waals surface area contributed by atoms with Gasteiger partial charge in [-0.1, -0.05) is 13.3 Å². The van der Waals surface area contributed by atoms with Gasteiger partial charge in [-0.3, -0.25) is 4.79 Å². The molecule has 0 fully saturated rings. The van der Waals surface area contributed by atoms with Gasteiger partial charge in [0.05, 0.1) is 11.6 Å². The first-order valence-electron chi connectivity index (χ1n) is 5.08. The molecular weight excluding hydrogens is 190 g/mol. The summed E-state index contributed by atoms with van der Waals surface area (Å²) in [6.45, 7) is 3.83. The van der Waals surface area contributed by atoms with Crippen molar-refractivity contribution in [2.24, 2.45) is 5.73 Å².